The van der Waals surface area contributed by atoms with Crippen molar-refractivity contribution in [1.29, 1.82) is 0 Å². The summed E-state index contributed by atoms with van der Waals surface area (Å²) in [6.45, 7) is 4.65. The summed E-state index contributed by atoms with van der Waals surface area (Å²) in [6, 6.07) is 11.6. The molecule has 1 aliphatic rings. The molecule has 9 nitrogen and oxygen atoms in total. The van der Waals surface area contributed by atoms with E-state index in [1.165, 1.54) is 0 Å². The van der Waals surface area contributed by atoms with Crippen molar-refractivity contribution in [2.75, 3.05) is 0 Å². The maximum atomic E-state index is 13.9. The van der Waals surface area contributed by atoms with Crippen LogP contribution in [0.1, 0.15) is 82.6 Å². The molecule has 1 N–H and O–H groups in total. The van der Waals surface area contributed by atoms with E-state index in [0.29, 0.717) is 18.8 Å². The van der Waals surface area contributed by atoms with E-state index in [-0.39, 0.29) is 23.4 Å². The Bertz CT molecular complexity index is 1450. The van der Waals surface area contributed by atoms with Crippen LogP contribution >= 0.6 is 0 Å². The van der Waals surface area contributed by atoms with Gasteiger partial charge in [0, 0.05) is 30.1 Å². The lowest BCUT2D eigenvalue weighted by atomic mass is 9.84. The van der Waals surface area contributed by atoms with E-state index >= 15 is 0 Å². The molecule has 1 fully saturated rings. The first-order valence-electron chi connectivity index (χ1n) is 14.2. The first kappa shape index (κ1) is 26.7. The predicted octanol–water partition coefficient (Wildman–Crippen LogP) is 5.38. The molecule has 0 aliphatic heterocycles. The van der Waals surface area contributed by atoms with Crippen LogP contribution in [0.4, 0.5) is 0 Å². The number of ketones is 1. The van der Waals surface area contributed by atoms with Crippen molar-refractivity contribution in [1.82, 2.24) is 34.7 Å². The van der Waals surface area contributed by atoms with E-state index < -0.39 is 0 Å². The molecule has 2 atom stereocenters. The molecule has 3 aromatic heterocycles. The second-order valence-electron chi connectivity index (χ2n) is 10.5. The number of carbonyl (C=O) groups is 1. The lowest BCUT2D eigenvalue weighted by Crippen LogP contribution is -2.36. The Labute approximate surface area is 228 Å². The van der Waals surface area contributed by atoms with Crippen LogP contribution in [-0.4, -0.2) is 40.5 Å². The topological polar surface area (TPSA) is 111 Å². The summed E-state index contributed by atoms with van der Waals surface area (Å²) in [5.74, 6) is 0.927. The molecule has 3 heterocycles. The maximum absolute atomic E-state index is 13.9. The second kappa shape index (κ2) is 12.3. The SMILES string of the molecule is CCCCc1cn(C2C(=O)CCCCCC2CC)c(=O)n1Cc1cc(-c2cccc(-c3nn[nH]n3)c2)ccn1. The molecule has 0 radical (unpaired) electrons. The molecule has 2 unspecified atom stereocenters. The fourth-order valence-corrected chi connectivity index (χ4v) is 5.76. The monoisotopic (exact) mass is 527 g/mol. The van der Waals surface area contributed by atoms with Gasteiger partial charge in [0.2, 0.25) is 5.82 Å². The average molecular weight is 528 g/mol. The van der Waals surface area contributed by atoms with Gasteiger partial charge in [-0.15, -0.1) is 10.2 Å². The fraction of sp³-hybridized carbons (Fsp3) is 0.467. The number of tetrazole rings is 1. The smallest absolute Gasteiger partial charge is 0.297 e. The van der Waals surface area contributed by atoms with Gasteiger partial charge < -0.3 is 0 Å². The highest BCUT2D eigenvalue weighted by atomic mass is 16.2. The molecule has 1 aromatic carbocycles. The lowest BCUT2D eigenvalue weighted by Gasteiger charge is -2.28. The van der Waals surface area contributed by atoms with Gasteiger partial charge in [-0.25, -0.2) is 4.79 Å². The van der Waals surface area contributed by atoms with Crippen LogP contribution in [-0.2, 0) is 17.8 Å². The van der Waals surface area contributed by atoms with Gasteiger partial charge in [0.1, 0.15) is 0 Å². The number of nitrogens with one attached hydrogen (secondary N) is 1. The number of imidazole rings is 1. The molecule has 0 bridgehead atoms. The summed E-state index contributed by atoms with van der Waals surface area (Å²) < 4.78 is 3.58. The molecular formula is C30H37N7O2. The highest BCUT2D eigenvalue weighted by molar-refractivity contribution is 5.83. The standard InChI is InChI=1S/C30H37N7O2/c1-3-5-13-26-20-37(28-21(4-2)10-7-6-8-14-27(28)38)30(39)36(26)19-25-18-23(15-16-31-25)22-11-9-12-24(17-22)29-32-34-35-33-29/h9,11-12,15-18,20-21,28H,3-8,10,13-14,19H2,1-2H3,(H,32,33,34,35). The number of carbonyl (C=O) groups excluding carboxylic acids is 1. The maximum Gasteiger partial charge on any atom is 0.329 e. The normalized spacial score (nSPS) is 18.2. The zero-order chi connectivity index (χ0) is 27.2. The molecule has 1 saturated carbocycles. The number of pyridine rings is 1. The van der Waals surface area contributed by atoms with E-state index in [9.17, 15) is 9.59 Å². The van der Waals surface area contributed by atoms with Crippen LogP contribution in [0.3, 0.4) is 0 Å². The number of Topliss-reactive ketones (excluding diaryl/α,β-unsaturated/α-hetero) is 1. The van der Waals surface area contributed by atoms with E-state index in [0.717, 1.165) is 79.4 Å². The third-order valence-corrected chi connectivity index (χ3v) is 7.91. The summed E-state index contributed by atoms with van der Waals surface area (Å²) in [7, 11) is 0. The minimum absolute atomic E-state index is 0.107. The molecule has 4 aromatic rings. The van der Waals surface area contributed by atoms with Crippen molar-refractivity contribution in [3.05, 3.63) is 70.7 Å². The number of H-pyrrole nitrogens is 1. The van der Waals surface area contributed by atoms with Gasteiger partial charge >= 0.3 is 5.69 Å². The van der Waals surface area contributed by atoms with Gasteiger partial charge in [0.15, 0.2) is 5.78 Å². The number of hydrogen-bond acceptors (Lipinski definition) is 6. The predicted molar refractivity (Wildman–Crippen MR) is 150 cm³/mol. The number of aryl methyl sites for hydroxylation is 1. The van der Waals surface area contributed by atoms with Gasteiger partial charge in [-0.3, -0.25) is 18.9 Å². The Kier molecular flexibility index (Phi) is 8.44. The minimum atomic E-state index is -0.378. The highest BCUT2D eigenvalue weighted by Crippen LogP contribution is 2.32. The van der Waals surface area contributed by atoms with Crippen molar-refractivity contribution in [3.63, 3.8) is 0 Å². The number of nitrogens with zero attached hydrogens (tertiary/aromatic N) is 6. The third-order valence-electron chi connectivity index (χ3n) is 7.91. The van der Waals surface area contributed by atoms with Crippen LogP contribution in [0, 0.1) is 5.92 Å². The number of hydrogen-bond donors (Lipinski definition) is 1. The summed E-state index contributed by atoms with van der Waals surface area (Å²) >= 11 is 0. The molecular weight excluding hydrogens is 490 g/mol. The Balaban J connectivity index is 1.49. The molecule has 0 saturated heterocycles. The number of aromatic nitrogens is 7. The van der Waals surface area contributed by atoms with Crippen molar-refractivity contribution in [3.8, 4) is 22.5 Å². The van der Waals surface area contributed by atoms with E-state index in [2.05, 4.69) is 39.5 Å². The van der Waals surface area contributed by atoms with Crippen LogP contribution in [0.5, 0.6) is 0 Å². The van der Waals surface area contributed by atoms with Gasteiger partial charge in [0.05, 0.1) is 18.3 Å². The van der Waals surface area contributed by atoms with E-state index in [1.807, 2.05) is 47.2 Å². The number of benzene rings is 1. The molecule has 1 aliphatic carbocycles. The van der Waals surface area contributed by atoms with E-state index in [1.54, 1.807) is 10.8 Å². The van der Waals surface area contributed by atoms with Crippen LogP contribution in [0.15, 0.2) is 53.6 Å². The van der Waals surface area contributed by atoms with Gasteiger partial charge in [0.25, 0.3) is 0 Å². The van der Waals surface area contributed by atoms with Crippen LogP contribution in [0.25, 0.3) is 22.5 Å². The van der Waals surface area contributed by atoms with Gasteiger partial charge in [-0.05, 0) is 66.1 Å². The number of aromatic amines is 1. The Hall–Kier alpha value is -3.88. The van der Waals surface area contributed by atoms with Crippen molar-refractivity contribution < 1.29 is 4.79 Å². The Morgan fingerprint density at radius 2 is 1.87 bits per heavy atom. The summed E-state index contributed by atoms with van der Waals surface area (Å²) in [5, 5.41) is 14.3. The number of unbranched alkanes of at least 4 members (excludes halogenated alkanes) is 1. The second-order valence-corrected chi connectivity index (χ2v) is 10.5. The van der Waals surface area contributed by atoms with Gasteiger partial charge in [-0.2, -0.15) is 5.21 Å². The highest BCUT2D eigenvalue weighted by Gasteiger charge is 2.32. The molecule has 204 valence electrons. The quantitative estimate of drug-likeness (QED) is 0.313. The average Bonchev–Trinajstić information content (AvgIpc) is 3.59. The summed E-state index contributed by atoms with van der Waals surface area (Å²) in [6.07, 6.45) is 12.1. The Morgan fingerprint density at radius 1 is 1.03 bits per heavy atom. The molecule has 0 amide bonds. The van der Waals surface area contributed by atoms with Crippen molar-refractivity contribution >= 4 is 5.78 Å². The Morgan fingerprint density at radius 3 is 2.67 bits per heavy atom. The lowest BCUT2D eigenvalue weighted by molar-refractivity contribution is -0.124. The zero-order valence-electron chi connectivity index (χ0n) is 22.8. The van der Waals surface area contributed by atoms with Gasteiger partial charge in [-0.1, -0.05) is 57.7 Å². The zero-order valence-corrected chi connectivity index (χ0v) is 22.8. The van der Waals surface area contributed by atoms with Crippen molar-refractivity contribution in [2.24, 2.45) is 5.92 Å². The molecule has 39 heavy (non-hydrogen) atoms. The fourth-order valence-electron chi connectivity index (χ4n) is 5.76. The first-order chi connectivity index (χ1) is 19.1. The first-order valence-corrected chi connectivity index (χ1v) is 14.2. The summed E-state index contributed by atoms with van der Waals surface area (Å²) in [4.78, 5) is 31.8. The largest absolute Gasteiger partial charge is 0.329 e. The van der Waals surface area contributed by atoms with Crippen LogP contribution in [0.2, 0.25) is 0 Å². The summed E-state index contributed by atoms with van der Waals surface area (Å²) in [5.41, 5.74) is 4.52. The molecule has 9 heteroatoms. The van der Waals surface area contributed by atoms with Crippen molar-refractivity contribution in [2.45, 2.75) is 84.2 Å². The van der Waals surface area contributed by atoms with E-state index in [4.69, 9.17) is 0 Å². The van der Waals surface area contributed by atoms with Crippen LogP contribution < -0.4 is 5.69 Å². The minimum Gasteiger partial charge on any atom is -0.297 e. The third kappa shape index (κ3) is 5.92. The number of rotatable bonds is 9. The molecule has 0 spiro atoms. The molecule has 5 rings (SSSR count).